The van der Waals surface area contributed by atoms with Crippen LogP contribution in [0.1, 0.15) is 18.1 Å². The van der Waals surface area contributed by atoms with E-state index in [0.717, 1.165) is 5.56 Å². The highest BCUT2D eigenvalue weighted by Gasteiger charge is 2.11. The van der Waals surface area contributed by atoms with Crippen molar-refractivity contribution in [3.05, 3.63) is 53.6 Å². The van der Waals surface area contributed by atoms with Crippen LogP contribution >= 0.6 is 0 Å². The van der Waals surface area contributed by atoms with Crippen LogP contribution in [0.2, 0.25) is 0 Å². The highest BCUT2D eigenvalue weighted by molar-refractivity contribution is 5.46. The summed E-state index contributed by atoms with van der Waals surface area (Å²) in [6, 6.07) is 7.17. The van der Waals surface area contributed by atoms with E-state index in [4.69, 9.17) is 9.47 Å². The molecule has 1 heterocycles. The maximum absolute atomic E-state index is 13.1. The number of ether oxygens (including phenoxy) is 2. The zero-order valence-corrected chi connectivity index (χ0v) is 12.2. The van der Waals surface area contributed by atoms with Crippen LogP contribution in [-0.2, 0) is 13.2 Å². The Kier molecular flexibility index (Phi) is 5.51. The van der Waals surface area contributed by atoms with Crippen LogP contribution in [0.5, 0.6) is 11.5 Å². The molecule has 0 amide bonds. The van der Waals surface area contributed by atoms with Gasteiger partial charge in [-0.15, -0.1) is 0 Å². The summed E-state index contributed by atoms with van der Waals surface area (Å²) in [5.74, 6) is 0.997. The third kappa shape index (κ3) is 4.16. The number of nitrogens with zero attached hydrogens (tertiary/aromatic N) is 1. The van der Waals surface area contributed by atoms with E-state index in [1.54, 1.807) is 6.20 Å². The molecule has 0 fully saturated rings. The van der Waals surface area contributed by atoms with Crippen LogP contribution in [0, 0.1) is 5.82 Å². The van der Waals surface area contributed by atoms with Gasteiger partial charge >= 0.3 is 0 Å². The summed E-state index contributed by atoms with van der Waals surface area (Å²) in [4.78, 5) is 3.82. The van der Waals surface area contributed by atoms with Crippen LogP contribution in [0.25, 0.3) is 0 Å². The average Bonchev–Trinajstić information content (AvgIpc) is 2.47. The fourth-order valence-corrected chi connectivity index (χ4v) is 2.01. The number of nitrogens with one attached hydrogen (secondary N) is 1. The second-order valence-corrected chi connectivity index (χ2v) is 4.51. The molecule has 1 aromatic carbocycles. The fraction of sp³-hybridized carbons (Fsp3) is 0.312. The van der Waals surface area contributed by atoms with Crippen LogP contribution in [0.4, 0.5) is 4.39 Å². The lowest BCUT2D eigenvalue weighted by molar-refractivity contribution is 0.265. The first kappa shape index (κ1) is 15.3. The molecule has 1 aromatic heterocycles. The summed E-state index contributed by atoms with van der Waals surface area (Å²) in [5.41, 5.74) is 1.67. The first-order valence-corrected chi connectivity index (χ1v) is 6.86. The maximum Gasteiger partial charge on any atom is 0.166 e. The Morgan fingerprint density at radius 3 is 2.81 bits per heavy atom. The minimum absolute atomic E-state index is 0.242. The molecule has 112 valence electrons. The van der Waals surface area contributed by atoms with Gasteiger partial charge in [0.2, 0.25) is 0 Å². The second-order valence-electron chi connectivity index (χ2n) is 4.51. The quantitative estimate of drug-likeness (QED) is 0.851. The molecule has 21 heavy (non-hydrogen) atoms. The molecule has 0 saturated carbocycles. The van der Waals surface area contributed by atoms with Gasteiger partial charge in [0.05, 0.1) is 12.8 Å². The van der Waals surface area contributed by atoms with E-state index >= 15 is 0 Å². The van der Waals surface area contributed by atoms with Crippen molar-refractivity contribution >= 4 is 0 Å². The third-order valence-electron chi connectivity index (χ3n) is 2.87. The Labute approximate surface area is 123 Å². The lowest BCUT2D eigenvalue weighted by Crippen LogP contribution is -2.09. The third-order valence-corrected chi connectivity index (χ3v) is 2.87. The van der Waals surface area contributed by atoms with Gasteiger partial charge in [0, 0.05) is 23.9 Å². The predicted molar refractivity (Wildman–Crippen MR) is 78.9 cm³/mol. The Balaban J connectivity index is 2.20. The van der Waals surface area contributed by atoms with Crippen molar-refractivity contribution in [3.63, 3.8) is 0 Å². The zero-order valence-electron chi connectivity index (χ0n) is 12.2. The SMILES string of the molecule is CCOc1cccc(CNC)c1OCc1cncc(F)c1. The molecule has 0 bridgehead atoms. The molecule has 5 heteroatoms. The van der Waals surface area contributed by atoms with E-state index in [-0.39, 0.29) is 12.4 Å². The molecular weight excluding hydrogens is 271 g/mol. The van der Waals surface area contributed by atoms with Gasteiger partial charge in [-0.3, -0.25) is 4.98 Å². The van der Waals surface area contributed by atoms with Crippen LogP contribution < -0.4 is 14.8 Å². The molecule has 0 unspecified atom stereocenters. The van der Waals surface area contributed by atoms with E-state index in [9.17, 15) is 4.39 Å². The minimum Gasteiger partial charge on any atom is -0.490 e. The minimum atomic E-state index is -0.371. The van der Waals surface area contributed by atoms with E-state index < -0.39 is 0 Å². The summed E-state index contributed by atoms with van der Waals surface area (Å²) in [6.07, 6.45) is 2.76. The monoisotopic (exact) mass is 290 g/mol. The smallest absolute Gasteiger partial charge is 0.166 e. The molecule has 0 aliphatic carbocycles. The Morgan fingerprint density at radius 2 is 2.10 bits per heavy atom. The highest BCUT2D eigenvalue weighted by atomic mass is 19.1. The Hall–Kier alpha value is -2.14. The number of pyridine rings is 1. The molecule has 0 aliphatic rings. The van der Waals surface area contributed by atoms with Gasteiger partial charge in [-0.25, -0.2) is 4.39 Å². The van der Waals surface area contributed by atoms with Crippen molar-refractivity contribution in [3.8, 4) is 11.5 Å². The number of halogens is 1. The molecule has 0 saturated heterocycles. The summed E-state index contributed by atoms with van der Waals surface area (Å²) < 4.78 is 24.6. The van der Waals surface area contributed by atoms with Gasteiger partial charge in [-0.2, -0.15) is 0 Å². The molecule has 0 atom stereocenters. The second kappa shape index (κ2) is 7.59. The Bertz CT molecular complexity index is 566. The molecule has 2 rings (SSSR count). The van der Waals surface area contributed by atoms with Crippen molar-refractivity contribution < 1.29 is 13.9 Å². The summed E-state index contributed by atoms with van der Waals surface area (Å²) in [6.45, 7) is 3.38. The van der Waals surface area contributed by atoms with Gasteiger partial charge in [-0.05, 0) is 26.1 Å². The normalized spacial score (nSPS) is 10.4. The fourth-order valence-electron chi connectivity index (χ4n) is 2.01. The van der Waals surface area contributed by atoms with Gasteiger partial charge in [0.15, 0.2) is 11.5 Å². The lowest BCUT2D eigenvalue weighted by Gasteiger charge is -2.16. The molecule has 0 radical (unpaired) electrons. The van der Waals surface area contributed by atoms with E-state index in [1.807, 2.05) is 32.2 Å². The van der Waals surface area contributed by atoms with E-state index in [2.05, 4.69) is 10.3 Å². The molecule has 0 spiro atoms. The molecule has 4 nitrogen and oxygen atoms in total. The Morgan fingerprint density at radius 1 is 1.24 bits per heavy atom. The molecule has 0 aliphatic heterocycles. The van der Waals surface area contributed by atoms with Crippen molar-refractivity contribution in [1.82, 2.24) is 10.3 Å². The van der Waals surface area contributed by atoms with Crippen molar-refractivity contribution in [2.75, 3.05) is 13.7 Å². The van der Waals surface area contributed by atoms with Gasteiger partial charge in [0.1, 0.15) is 12.4 Å². The number of benzene rings is 1. The number of hydrogen-bond acceptors (Lipinski definition) is 4. The number of rotatable bonds is 7. The highest BCUT2D eigenvalue weighted by Crippen LogP contribution is 2.32. The lowest BCUT2D eigenvalue weighted by atomic mass is 10.2. The first-order chi connectivity index (χ1) is 10.2. The molecule has 1 N–H and O–H groups in total. The molecular formula is C16H19FN2O2. The van der Waals surface area contributed by atoms with Crippen LogP contribution in [0.3, 0.4) is 0 Å². The summed E-state index contributed by atoms with van der Waals surface area (Å²) >= 11 is 0. The van der Waals surface area contributed by atoms with Crippen molar-refractivity contribution in [1.29, 1.82) is 0 Å². The first-order valence-electron chi connectivity index (χ1n) is 6.86. The van der Waals surface area contributed by atoms with Crippen molar-refractivity contribution in [2.45, 2.75) is 20.1 Å². The number of para-hydroxylation sites is 1. The number of hydrogen-bond donors (Lipinski definition) is 1. The van der Waals surface area contributed by atoms with E-state index in [0.29, 0.717) is 30.2 Å². The predicted octanol–water partition coefficient (Wildman–Crippen LogP) is 2.92. The van der Waals surface area contributed by atoms with E-state index in [1.165, 1.54) is 12.3 Å². The van der Waals surface area contributed by atoms with Gasteiger partial charge in [0.25, 0.3) is 0 Å². The summed E-state index contributed by atoms with van der Waals surface area (Å²) in [5, 5.41) is 3.09. The standard InChI is InChI=1S/C16H19FN2O2/c1-3-20-15-6-4-5-13(9-18-2)16(15)21-11-12-7-14(17)10-19-8-12/h4-8,10,18H,3,9,11H2,1-2H3. The van der Waals surface area contributed by atoms with Gasteiger partial charge < -0.3 is 14.8 Å². The average molecular weight is 290 g/mol. The largest absolute Gasteiger partial charge is 0.490 e. The number of aromatic nitrogens is 1. The molecule has 2 aromatic rings. The maximum atomic E-state index is 13.1. The van der Waals surface area contributed by atoms with Crippen LogP contribution in [-0.4, -0.2) is 18.6 Å². The summed E-state index contributed by atoms with van der Waals surface area (Å²) in [7, 11) is 1.87. The zero-order chi connectivity index (χ0) is 15.1. The van der Waals surface area contributed by atoms with Crippen molar-refractivity contribution in [2.24, 2.45) is 0 Å². The van der Waals surface area contributed by atoms with Crippen LogP contribution in [0.15, 0.2) is 36.7 Å². The topological polar surface area (TPSA) is 43.4 Å². The van der Waals surface area contributed by atoms with Gasteiger partial charge in [-0.1, -0.05) is 12.1 Å².